The molecule has 18 heavy (non-hydrogen) atoms. The van der Waals surface area contributed by atoms with Gasteiger partial charge in [0.15, 0.2) is 0 Å². The monoisotopic (exact) mass is 259 g/mol. The lowest BCUT2D eigenvalue weighted by atomic mass is 10.1. The van der Waals surface area contributed by atoms with E-state index in [2.05, 4.69) is 10.3 Å². The van der Waals surface area contributed by atoms with Gasteiger partial charge in [0.2, 0.25) is 0 Å². The van der Waals surface area contributed by atoms with E-state index in [1.807, 2.05) is 18.2 Å². The van der Waals surface area contributed by atoms with Gasteiger partial charge < -0.3 is 10.2 Å². The number of benzene rings is 1. The zero-order chi connectivity index (χ0) is 12.7. The number of amides is 1. The number of aromatic nitrogens is 1. The van der Waals surface area contributed by atoms with Crippen LogP contribution in [-0.2, 0) is 0 Å². The predicted octanol–water partition coefficient (Wildman–Crippen LogP) is 3.07. The van der Waals surface area contributed by atoms with Crippen LogP contribution in [0.2, 0.25) is 5.15 Å². The summed E-state index contributed by atoms with van der Waals surface area (Å²) in [6.07, 6.45) is 1.59. The van der Waals surface area contributed by atoms with E-state index in [1.165, 1.54) is 0 Å². The Labute approximate surface area is 109 Å². The first kappa shape index (κ1) is 11.0. The molecular weight excluding hydrogens is 250 g/mol. The average Bonchev–Trinajstić information content (AvgIpc) is 2.47. The highest BCUT2D eigenvalue weighted by molar-refractivity contribution is 6.30. The fraction of sp³-hybridized carbons (Fsp3) is 0.0769. The molecule has 1 aliphatic rings. The summed E-state index contributed by atoms with van der Waals surface area (Å²) in [6.45, 7) is 0. The first-order valence-corrected chi connectivity index (χ1v) is 5.84. The summed E-state index contributed by atoms with van der Waals surface area (Å²) in [6, 6.07) is 9.09. The number of nitrogens with zero attached hydrogens (tertiary/aromatic N) is 2. The largest absolute Gasteiger partial charge is 0.353 e. The number of anilines is 3. The first-order valence-electron chi connectivity index (χ1n) is 5.46. The lowest BCUT2D eigenvalue weighted by Crippen LogP contribution is -2.25. The summed E-state index contributed by atoms with van der Waals surface area (Å²) in [4.78, 5) is 17.9. The van der Waals surface area contributed by atoms with Crippen LogP contribution in [0.5, 0.6) is 0 Å². The lowest BCUT2D eigenvalue weighted by Gasteiger charge is -2.16. The molecule has 0 atom stereocenters. The molecule has 0 unspecified atom stereocenters. The minimum atomic E-state index is -0.0685. The Kier molecular flexibility index (Phi) is 2.45. The molecule has 3 rings (SSSR count). The molecule has 0 fully saturated rings. The molecule has 0 spiro atoms. The van der Waals surface area contributed by atoms with Crippen LogP contribution >= 0.6 is 11.6 Å². The molecule has 0 saturated heterocycles. The second kappa shape index (κ2) is 3.99. The maximum absolute atomic E-state index is 12.3. The van der Waals surface area contributed by atoms with E-state index in [0.717, 1.165) is 11.4 Å². The Morgan fingerprint density at radius 2 is 2.06 bits per heavy atom. The molecule has 1 N–H and O–H groups in total. The van der Waals surface area contributed by atoms with E-state index < -0.39 is 0 Å². The van der Waals surface area contributed by atoms with Crippen molar-refractivity contribution < 1.29 is 4.79 Å². The van der Waals surface area contributed by atoms with Crippen molar-refractivity contribution in [2.24, 2.45) is 0 Å². The minimum Gasteiger partial charge on any atom is -0.353 e. The zero-order valence-electron chi connectivity index (χ0n) is 9.64. The number of rotatable bonds is 0. The summed E-state index contributed by atoms with van der Waals surface area (Å²) in [5.74, 6) is -0.0685. The van der Waals surface area contributed by atoms with Crippen molar-refractivity contribution in [2.75, 3.05) is 17.3 Å². The molecule has 0 bridgehead atoms. The third-order valence-corrected chi connectivity index (χ3v) is 3.15. The van der Waals surface area contributed by atoms with E-state index in [0.29, 0.717) is 16.4 Å². The Balaban J connectivity index is 2.24. The molecule has 0 radical (unpaired) electrons. The van der Waals surface area contributed by atoms with Gasteiger partial charge in [0.05, 0.1) is 28.8 Å². The summed E-state index contributed by atoms with van der Waals surface area (Å²) in [5, 5.41) is 3.61. The summed E-state index contributed by atoms with van der Waals surface area (Å²) < 4.78 is 0. The number of carbonyl (C=O) groups excluding carboxylic acids is 1. The lowest BCUT2D eigenvalue weighted by molar-refractivity contribution is 0.0994. The number of halogens is 1. The molecule has 1 aromatic carbocycles. The van der Waals surface area contributed by atoms with Crippen LogP contribution in [0.1, 0.15) is 10.4 Å². The SMILES string of the molecule is CN1C(=O)c2ccccc2Nc2cc(Cl)ncc21. The summed E-state index contributed by atoms with van der Waals surface area (Å²) in [5.41, 5.74) is 2.89. The molecule has 2 heterocycles. The van der Waals surface area contributed by atoms with Crippen molar-refractivity contribution in [1.82, 2.24) is 4.98 Å². The van der Waals surface area contributed by atoms with Gasteiger partial charge in [0.25, 0.3) is 5.91 Å². The number of para-hydroxylation sites is 1. The highest BCUT2D eigenvalue weighted by Gasteiger charge is 2.23. The second-order valence-corrected chi connectivity index (χ2v) is 4.45. The topological polar surface area (TPSA) is 45.2 Å². The van der Waals surface area contributed by atoms with Crippen molar-refractivity contribution in [2.45, 2.75) is 0 Å². The van der Waals surface area contributed by atoms with Gasteiger partial charge in [-0.05, 0) is 12.1 Å². The number of hydrogen-bond acceptors (Lipinski definition) is 3. The van der Waals surface area contributed by atoms with Crippen LogP contribution in [0, 0.1) is 0 Å². The van der Waals surface area contributed by atoms with E-state index in [4.69, 9.17) is 11.6 Å². The van der Waals surface area contributed by atoms with Crippen LogP contribution in [-0.4, -0.2) is 17.9 Å². The van der Waals surface area contributed by atoms with Crippen molar-refractivity contribution in [3.63, 3.8) is 0 Å². The summed E-state index contributed by atoms with van der Waals surface area (Å²) >= 11 is 5.89. The van der Waals surface area contributed by atoms with Crippen LogP contribution < -0.4 is 10.2 Å². The average molecular weight is 260 g/mol. The molecule has 0 aliphatic carbocycles. The Morgan fingerprint density at radius 1 is 1.28 bits per heavy atom. The van der Waals surface area contributed by atoms with Crippen LogP contribution in [0.15, 0.2) is 36.5 Å². The second-order valence-electron chi connectivity index (χ2n) is 4.06. The third kappa shape index (κ3) is 1.62. The van der Waals surface area contributed by atoms with E-state index in [-0.39, 0.29) is 5.91 Å². The molecule has 1 amide bonds. The predicted molar refractivity (Wildman–Crippen MR) is 71.7 cm³/mol. The number of fused-ring (bicyclic) bond motifs is 2. The van der Waals surface area contributed by atoms with Crippen molar-refractivity contribution in [3.8, 4) is 0 Å². The number of nitrogens with one attached hydrogen (secondary N) is 1. The maximum Gasteiger partial charge on any atom is 0.260 e. The van der Waals surface area contributed by atoms with E-state index in [1.54, 1.807) is 30.3 Å². The van der Waals surface area contributed by atoms with Gasteiger partial charge in [-0.3, -0.25) is 4.79 Å². The van der Waals surface area contributed by atoms with Gasteiger partial charge in [-0.2, -0.15) is 0 Å². The minimum absolute atomic E-state index is 0.0685. The highest BCUT2D eigenvalue weighted by Crippen LogP contribution is 2.35. The van der Waals surface area contributed by atoms with E-state index >= 15 is 0 Å². The Morgan fingerprint density at radius 3 is 2.89 bits per heavy atom. The van der Waals surface area contributed by atoms with Gasteiger partial charge >= 0.3 is 0 Å². The molecular formula is C13H10ClN3O. The van der Waals surface area contributed by atoms with Crippen molar-refractivity contribution >= 4 is 34.6 Å². The smallest absolute Gasteiger partial charge is 0.260 e. The van der Waals surface area contributed by atoms with Crippen molar-refractivity contribution in [3.05, 3.63) is 47.2 Å². The summed E-state index contributed by atoms with van der Waals surface area (Å²) in [7, 11) is 1.72. The number of pyridine rings is 1. The molecule has 5 heteroatoms. The zero-order valence-corrected chi connectivity index (χ0v) is 10.4. The quantitative estimate of drug-likeness (QED) is 0.740. The maximum atomic E-state index is 12.3. The third-order valence-electron chi connectivity index (χ3n) is 2.94. The highest BCUT2D eigenvalue weighted by atomic mass is 35.5. The molecule has 1 aromatic heterocycles. The Hall–Kier alpha value is -2.07. The molecule has 0 saturated carbocycles. The number of hydrogen-bond donors (Lipinski definition) is 1. The fourth-order valence-corrected chi connectivity index (χ4v) is 2.16. The van der Waals surface area contributed by atoms with Crippen LogP contribution in [0.25, 0.3) is 0 Å². The fourth-order valence-electron chi connectivity index (χ4n) is 2.00. The van der Waals surface area contributed by atoms with E-state index in [9.17, 15) is 4.79 Å². The van der Waals surface area contributed by atoms with Gasteiger partial charge in [-0.15, -0.1) is 0 Å². The molecule has 4 nitrogen and oxygen atoms in total. The Bertz CT molecular complexity index is 642. The normalized spacial score (nSPS) is 13.4. The van der Waals surface area contributed by atoms with Gasteiger partial charge in [-0.1, -0.05) is 23.7 Å². The number of carbonyl (C=O) groups is 1. The van der Waals surface area contributed by atoms with Gasteiger partial charge in [0.1, 0.15) is 5.15 Å². The van der Waals surface area contributed by atoms with Crippen LogP contribution in [0.4, 0.5) is 17.1 Å². The van der Waals surface area contributed by atoms with Crippen LogP contribution in [0.3, 0.4) is 0 Å². The first-order chi connectivity index (χ1) is 8.66. The van der Waals surface area contributed by atoms with Gasteiger partial charge in [-0.25, -0.2) is 4.98 Å². The molecule has 1 aliphatic heterocycles. The molecule has 90 valence electrons. The van der Waals surface area contributed by atoms with Crippen molar-refractivity contribution in [1.29, 1.82) is 0 Å². The standard InChI is InChI=1S/C13H10ClN3O/c1-17-11-7-15-12(14)6-10(11)16-9-5-3-2-4-8(9)13(17)18/h2-7,16H,1H3. The van der Waals surface area contributed by atoms with Gasteiger partial charge in [0, 0.05) is 13.1 Å². The molecule has 2 aromatic rings.